The SMILES string of the molecule is CC(N)CC(C)(C)OC(C)CC(C)(C)C(C)(C)OCCCCC(C)(C)C(C)(C)OCC(C)C(C)(C)N. The fourth-order valence-corrected chi connectivity index (χ4v) is 4.61. The van der Waals surface area contributed by atoms with Gasteiger partial charge >= 0.3 is 0 Å². The van der Waals surface area contributed by atoms with Crippen LogP contribution in [-0.2, 0) is 14.2 Å². The van der Waals surface area contributed by atoms with E-state index in [2.05, 4.69) is 96.9 Å². The van der Waals surface area contributed by atoms with Crippen molar-refractivity contribution >= 4 is 0 Å². The molecule has 5 nitrogen and oxygen atoms in total. The van der Waals surface area contributed by atoms with Crippen molar-refractivity contribution in [3.8, 4) is 0 Å². The van der Waals surface area contributed by atoms with Crippen LogP contribution in [0.1, 0.15) is 136 Å². The van der Waals surface area contributed by atoms with Gasteiger partial charge in [-0.25, -0.2) is 0 Å². The average molecular weight is 515 g/mol. The highest BCUT2D eigenvalue weighted by atomic mass is 16.5. The van der Waals surface area contributed by atoms with Crippen LogP contribution in [0, 0.1) is 16.7 Å². The molecule has 0 rings (SSSR count). The van der Waals surface area contributed by atoms with Crippen molar-refractivity contribution in [1.29, 1.82) is 0 Å². The quantitative estimate of drug-likeness (QED) is 0.185. The second-order valence-corrected chi connectivity index (χ2v) is 15.2. The lowest BCUT2D eigenvalue weighted by Crippen LogP contribution is -2.47. The maximum Gasteiger partial charge on any atom is 0.0678 e. The van der Waals surface area contributed by atoms with Crippen LogP contribution in [-0.4, -0.2) is 47.7 Å². The first-order valence-corrected chi connectivity index (χ1v) is 14.4. The molecule has 0 aromatic rings. The molecule has 0 saturated heterocycles. The van der Waals surface area contributed by atoms with E-state index in [0.717, 1.165) is 38.7 Å². The van der Waals surface area contributed by atoms with E-state index in [-0.39, 0.29) is 45.3 Å². The molecule has 0 saturated carbocycles. The lowest BCUT2D eigenvalue weighted by molar-refractivity contribution is -0.137. The summed E-state index contributed by atoms with van der Waals surface area (Å²) in [6.45, 7) is 34.3. The fraction of sp³-hybridized carbons (Fsp3) is 1.00. The van der Waals surface area contributed by atoms with Gasteiger partial charge in [0.2, 0.25) is 0 Å². The van der Waals surface area contributed by atoms with E-state index < -0.39 is 0 Å². The van der Waals surface area contributed by atoms with Crippen LogP contribution in [0.4, 0.5) is 0 Å². The van der Waals surface area contributed by atoms with E-state index in [1.54, 1.807) is 0 Å². The van der Waals surface area contributed by atoms with Gasteiger partial charge in [-0.2, -0.15) is 0 Å². The van der Waals surface area contributed by atoms with Crippen LogP contribution in [0.25, 0.3) is 0 Å². The topological polar surface area (TPSA) is 79.7 Å². The van der Waals surface area contributed by atoms with Crippen molar-refractivity contribution in [1.82, 2.24) is 0 Å². The number of hydrogen-bond acceptors (Lipinski definition) is 5. The van der Waals surface area contributed by atoms with Crippen LogP contribution in [0.5, 0.6) is 0 Å². The summed E-state index contributed by atoms with van der Waals surface area (Å²) in [6.07, 6.45) is 5.15. The third kappa shape index (κ3) is 12.1. The zero-order chi connectivity index (χ0) is 28.8. The van der Waals surface area contributed by atoms with E-state index in [1.807, 2.05) is 6.92 Å². The summed E-state index contributed by atoms with van der Waals surface area (Å²) in [4.78, 5) is 0. The molecule has 36 heavy (non-hydrogen) atoms. The van der Waals surface area contributed by atoms with Gasteiger partial charge in [0.15, 0.2) is 0 Å². The van der Waals surface area contributed by atoms with Gasteiger partial charge < -0.3 is 25.7 Å². The lowest BCUT2D eigenvalue weighted by atomic mass is 9.73. The Hall–Kier alpha value is -0.200. The van der Waals surface area contributed by atoms with Gasteiger partial charge in [0, 0.05) is 18.2 Å². The van der Waals surface area contributed by atoms with Crippen LogP contribution in [0.2, 0.25) is 0 Å². The third-order valence-corrected chi connectivity index (χ3v) is 9.01. The summed E-state index contributed by atoms with van der Waals surface area (Å²) >= 11 is 0. The summed E-state index contributed by atoms with van der Waals surface area (Å²) in [5, 5.41) is 0. The van der Waals surface area contributed by atoms with Gasteiger partial charge in [0.05, 0.1) is 29.5 Å². The molecule has 0 radical (unpaired) electrons. The normalized spacial score (nSPS) is 17.2. The monoisotopic (exact) mass is 515 g/mol. The number of nitrogens with two attached hydrogens (primary N) is 2. The zero-order valence-electron chi connectivity index (χ0n) is 27.1. The molecule has 0 fully saturated rings. The number of rotatable bonds is 18. The molecule has 0 spiro atoms. The molecule has 3 atom stereocenters. The first kappa shape index (κ1) is 35.8. The van der Waals surface area contributed by atoms with Gasteiger partial charge in [-0.1, -0.05) is 41.0 Å². The van der Waals surface area contributed by atoms with E-state index in [9.17, 15) is 0 Å². The highest BCUT2D eigenvalue weighted by Gasteiger charge is 2.41. The van der Waals surface area contributed by atoms with Gasteiger partial charge in [-0.15, -0.1) is 0 Å². The largest absolute Gasteiger partial charge is 0.375 e. The minimum atomic E-state index is -0.251. The van der Waals surface area contributed by atoms with Gasteiger partial charge in [-0.3, -0.25) is 0 Å². The molecule has 0 aliphatic heterocycles. The fourth-order valence-electron chi connectivity index (χ4n) is 4.61. The molecule has 0 aromatic heterocycles. The maximum atomic E-state index is 6.49. The Morgan fingerprint density at radius 2 is 1.17 bits per heavy atom. The van der Waals surface area contributed by atoms with E-state index in [4.69, 9.17) is 25.7 Å². The Bertz CT molecular complexity index is 630. The number of unbranched alkanes of at least 4 members (excludes halogenated alkanes) is 1. The third-order valence-electron chi connectivity index (χ3n) is 9.01. The molecule has 0 aliphatic rings. The highest BCUT2D eigenvalue weighted by molar-refractivity contribution is 4.91. The van der Waals surface area contributed by atoms with Gasteiger partial charge in [0.25, 0.3) is 0 Å². The summed E-state index contributed by atoms with van der Waals surface area (Å²) in [5.74, 6) is 0.301. The first-order chi connectivity index (χ1) is 15.9. The average Bonchev–Trinajstić information content (AvgIpc) is 2.62. The van der Waals surface area contributed by atoms with E-state index >= 15 is 0 Å². The molecule has 218 valence electrons. The predicted octanol–water partition coefficient (Wildman–Crippen LogP) is 7.48. The van der Waals surface area contributed by atoms with Crippen LogP contribution < -0.4 is 11.5 Å². The number of ether oxygens (including phenoxy) is 3. The molecular weight excluding hydrogens is 448 g/mol. The van der Waals surface area contributed by atoms with Crippen LogP contribution in [0.15, 0.2) is 0 Å². The van der Waals surface area contributed by atoms with Crippen molar-refractivity contribution in [2.24, 2.45) is 28.2 Å². The molecule has 0 bridgehead atoms. The Balaban J connectivity index is 4.72. The molecule has 5 heteroatoms. The lowest BCUT2D eigenvalue weighted by Gasteiger charge is -2.44. The Morgan fingerprint density at radius 3 is 1.64 bits per heavy atom. The highest BCUT2D eigenvalue weighted by Crippen LogP contribution is 2.41. The molecule has 0 aromatic carbocycles. The summed E-state index contributed by atoms with van der Waals surface area (Å²) in [7, 11) is 0. The van der Waals surface area contributed by atoms with Crippen molar-refractivity contribution < 1.29 is 14.2 Å². The minimum Gasteiger partial charge on any atom is -0.375 e. The van der Waals surface area contributed by atoms with Crippen molar-refractivity contribution in [2.45, 2.75) is 170 Å². The predicted molar refractivity (Wildman–Crippen MR) is 156 cm³/mol. The number of hydrogen-bond donors (Lipinski definition) is 2. The van der Waals surface area contributed by atoms with E-state index in [0.29, 0.717) is 12.5 Å². The van der Waals surface area contributed by atoms with Crippen LogP contribution in [0.3, 0.4) is 0 Å². The molecule has 3 unspecified atom stereocenters. The van der Waals surface area contributed by atoms with Crippen molar-refractivity contribution in [3.05, 3.63) is 0 Å². The van der Waals surface area contributed by atoms with Gasteiger partial charge in [-0.05, 0) is 112 Å². The second-order valence-electron chi connectivity index (χ2n) is 15.2. The minimum absolute atomic E-state index is 0.0284. The first-order valence-electron chi connectivity index (χ1n) is 14.4. The zero-order valence-corrected chi connectivity index (χ0v) is 27.1. The van der Waals surface area contributed by atoms with E-state index in [1.165, 1.54) is 0 Å². The molecule has 0 aliphatic carbocycles. The smallest absolute Gasteiger partial charge is 0.0678 e. The van der Waals surface area contributed by atoms with Crippen LogP contribution >= 0.6 is 0 Å². The van der Waals surface area contributed by atoms with Gasteiger partial charge in [0.1, 0.15) is 0 Å². The molecule has 4 N–H and O–H groups in total. The molecule has 0 amide bonds. The summed E-state index contributed by atoms with van der Waals surface area (Å²) in [5.41, 5.74) is 11.4. The molecular formula is C31H66N2O3. The summed E-state index contributed by atoms with van der Waals surface area (Å²) < 4.78 is 19.3. The van der Waals surface area contributed by atoms with Crippen molar-refractivity contribution in [3.63, 3.8) is 0 Å². The standard InChI is InChI=1S/C31H66N2O3/c1-23(29(10,11)33)22-35-30(12,13)26(4,5)18-16-17-19-34-31(14,15)27(6,7)21-25(3)36-28(8,9)20-24(2)32/h23-25H,16-22,32-33H2,1-15H3. The summed E-state index contributed by atoms with van der Waals surface area (Å²) in [6, 6.07) is 0.128. The van der Waals surface area contributed by atoms with Crippen molar-refractivity contribution in [2.75, 3.05) is 13.2 Å². The maximum absolute atomic E-state index is 6.49. The Morgan fingerprint density at radius 1 is 0.667 bits per heavy atom. The Kier molecular flexibility index (Phi) is 13.2. The molecule has 0 heterocycles. The Labute approximate surface area is 226 Å². The second kappa shape index (κ2) is 13.2.